The van der Waals surface area contributed by atoms with Gasteiger partial charge in [0.25, 0.3) is 0 Å². The van der Waals surface area contributed by atoms with Crippen molar-refractivity contribution in [1.29, 1.82) is 0 Å². The van der Waals surface area contributed by atoms with E-state index in [0.29, 0.717) is 0 Å². The van der Waals surface area contributed by atoms with Crippen LogP contribution in [-0.2, 0) is 0 Å². The number of hydrogen-bond donors (Lipinski definition) is 0. The van der Waals surface area contributed by atoms with Crippen LogP contribution in [0.15, 0.2) is 36.4 Å². The van der Waals surface area contributed by atoms with Crippen LogP contribution in [0, 0.1) is 0 Å². The van der Waals surface area contributed by atoms with Crippen molar-refractivity contribution in [1.82, 2.24) is 0 Å². The van der Waals surface area contributed by atoms with Crippen LogP contribution in [0.4, 0.5) is 4.79 Å². The average molecular weight is 404 g/mol. The van der Waals surface area contributed by atoms with Gasteiger partial charge in [-0.3, -0.25) is 0 Å². The van der Waals surface area contributed by atoms with Crippen molar-refractivity contribution in [2.24, 2.45) is 0 Å². The number of carbonyl (C=O) groups excluding carboxylic acids is 1. The van der Waals surface area contributed by atoms with Crippen molar-refractivity contribution in [2.75, 3.05) is 0 Å². The summed E-state index contributed by atoms with van der Waals surface area (Å²) in [5, 5.41) is 16.7. The Labute approximate surface area is 189 Å². The van der Waals surface area contributed by atoms with E-state index in [2.05, 4.69) is 0 Å². The molecule has 0 spiro atoms. The quantitative estimate of drug-likeness (QED) is 0.432. The van der Waals surface area contributed by atoms with Gasteiger partial charge in [-0.15, -0.1) is 0 Å². The van der Waals surface area contributed by atoms with E-state index in [-0.39, 0.29) is 138 Å². The van der Waals surface area contributed by atoms with Gasteiger partial charge in [-0.2, -0.15) is 0 Å². The summed E-state index contributed by atoms with van der Waals surface area (Å²) in [4.78, 5) is 8.33. The van der Waals surface area contributed by atoms with Gasteiger partial charge < -0.3 is 15.0 Å². The largest absolute Gasteiger partial charge is 1.00 e. The minimum Gasteiger partial charge on any atom is -0.652 e. The summed E-state index contributed by atoms with van der Waals surface area (Å²) in [6.07, 6.45) is -2.33. The summed E-state index contributed by atoms with van der Waals surface area (Å²) in [6, 6.07) is 12.0. The predicted molar refractivity (Wildman–Crippen MR) is 31.8 cm³/mol. The van der Waals surface area contributed by atoms with Gasteiger partial charge in [-0.05, 0) is 6.16 Å². The van der Waals surface area contributed by atoms with Crippen LogP contribution < -0.4 is 148 Å². The molecule has 0 fully saturated rings. The van der Waals surface area contributed by atoms with Crippen molar-refractivity contribution in [3.05, 3.63) is 36.4 Å². The van der Waals surface area contributed by atoms with Gasteiger partial charge in [-0.25, -0.2) is 0 Å². The van der Waals surface area contributed by atoms with Gasteiger partial charge in [-0.1, -0.05) is 36.4 Å². The van der Waals surface area contributed by atoms with E-state index in [1.165, 1.54) is 0 Å². The molecule has 0 aliphatic rings. The molecule has 0 aliphatic heterocycles. The van der Waals surface area contributed by atoms with E-state index >= 15 is 0 Å². The Morgan fingerprint density at radius 1 is 0.750 bits per heavy atom. The van der Waals surface area contributed by atoms with Crippen LogP contribution in [0.2, 0.25) is 0 Å². The monoisotopic (exact) mass is 404 g/mol. The molecule has 5 heteroatoms. The topological polar surface area (TPSA) is 63.2 Å². The molecule has 0 amide bonds. The van der Waals surface area contributed by atoms with Gasteiger partial charge in [0.15, 0.2) is 0 Å². The number of carbonyl (C=O) groups is 1. The summed E-state index contributed by atoms with van der Waals surface area (Å²) < 4.78 is 0. The third kappa shape index (κ3) is 22.9. The summed E-state index contributed by atoms with van der Waals surface area (Å²) in [5.74, 6) is 0. The normalized spacial score (nSPS) is 6.00. The molecule has 0 unspecified atom stereocenters. The van der Waals surface area contributed by atoms with Gasteiger partial charge in [0.2, 0.25) is 0 Å². The molecule has 1 aromatic carbocycles. The van der Waals surface area contributed by atoms with E-state index in [9.17, 15) is 0 Å². The molecule has 54 valence electrons. The Balaban J connectivity index is -0.000000124. The second kappa shape index (κ2) is 16.0. The molecule has 0 aromatic heterocycles. The van der Waals surface area contributed by atoms with E-state index in [0.717, 1.165) is 0 Å². The molecule has 3 nitrogen and oxygen atoms in total. The zero-order valence-corrected chi connectivity index (χ0v) is 19.7. The van der Waals surface area contributed by atoms with Crippen molar-refractivity contribution in [3.8, 4) is 0 Å². The fourth-order valence-electron chi connectivity index (χ4n) is 0.385. The first-order chi connectivity index (χ1) is 4.73. The van der Waals surface area contributed by atoms with Crippen molar-refractivity contribution >= 4 is 6.16 Å². The molecule has 1 rings (SSSR count). The van der Waals surface area contributed by atoms with Gasteiger partial charge >= 0.3 is 138 Å². The van der Waals surface area contributed by atoms with Gasteiger partial charge in [0, 0.05) is 0 Å². The van der Waals surface area contributed by atoms with E-state index in [1.807, 2.05) is 36.4 Å². The maximum absolute atomic E-state index is 8.33. The predicted octanol–water partition coefficient (Wildman–Crippen LogP) is -6.75. The molecule has 0 radical (unpaired) electrons. The number of hydrogen-bond acceptors (Lipinski definition) is 3. The first kappa shape index (κ1) is 20.1. The SMILES string of the molecule is O=C([O-])[O-].[Cs+].[Cs+].c1ccccc1. The third-order valence-electron chi connectivity index (χ3n) is 0.667. The standard InChI is InChI=1S/C6H6.CH2O3.2Cs/c1-2-4-6-5-3-1;2-1(3)4;;/h1-6H;(H2,2,3,4);;/q;;2*+1/p-2. The van der Waals surface area contributed by atoms with Crippen LogP contribution in [0.25, 0.3) is 0 Å². The smallest absolute Gasteiger partial charge is 0.652 e. The minimum absolute atomic E-state index is 0. The Hall–Kier alpha value is 2.59. The molecule has 12 heavy (non-hydrogen) atoms. The Kier molecular flexibility index (Phi) is 26.8. The zero-order valence-electron chi connectivity index (χ0n) is 7.19. The second-order valence-corrected chi connectivity index (χ2v) is 1.40. The van der Waals surface area contributed by atoms with Crippen LogP contribution in [-0.4, -0.2) is 6.16 Å². The molecule has 1 aromatic rings. The Morgan fingerprint density at radius 3 is 0.917 bits per heavy atom. The Morgan fingerprint density at radius 2 is 0.833 bits per heavy atom. The molecular weight excluding hydrogens is 398 g/mol. The number of carboxylic acid groups (broad SMARTS) is 2. The summed E-state index contributed by atoms with van der Waals surface area (Å²) >= 11 is 0. The van der Waals surface area contributed by atoms with E-state index in [1.54, 1.807) is 0 Å². The molecule has 0 saturated carbocycles. The maximum atomic E-state index is 8.33. The second-order valence-electron chi connectivity index (χ2n) is 1.40. The molecule has 0 bridgehead atoms. The Bertz CT molecular complexity index is 149. The molecule has 0 atom stereocenters. The van der Waals surface area contributed by atoms with Crippen LogP contribution in [0.3, 0.4) is 0 Å². The van der Waals surface area contributed by atoms with Crippen molar-refractivity contribution in [3.63, 3.8) is 0 Å². The maximum Gasteiger partial charge on any atom is 1.00 e. The van der Waals surface area contributed by atoms with Crippen molar-refractivity contribution in [2.45, 2.75) is 0 Å². The molecule has 0 saturated heterocycles. The first-order valence-corrected chi connectivity index (χ1v) is 2.61. The minimum atomic E-state index is -2.33. The van der Waals surface area contributed by atoms with Crippen LogP contribution in [0.1, 0.15) is 0 Å². The zero-order chi connectivity index (χ0) is 7.82. The van der Waals surface area contributed by atoms with Gasteiger partial charge in [0.1, 0.15) is 0 Å². The summed E-state index contributed by atoms with van der Waals surface area (Å²) in [6.45, 7) is 0. The number of benzene rings is 1. The van der Waals surface area contributed by atoms with Crippen LogP contribution >= 0.6 is 0 Å². The fraction of sp³-hybridized carbons (Fsp3) is 0. The summed E-state index contributed by atoms with van der Waals surface area (Å²) in [7, 11) is 0. The van der Waals surface area contributed by atoms with Gasteiger partial charge in [0.05, 0.1) is 0 Å². The third-order valence-corrected chi connectivity index (χ3v) is 0.667. The molecule has 0 aliphatic carbocycles. The van der Waals surface area contributed by atoms with E-state index < -0.39 is 6.16 Å². The number of rotatable bonds is 0. The molecular formula is C7H6Cs2O3. The first-order valence-electron chi connectivity index (χ1n) is 2.61. The van der Waals surface area contributed by atoms with E-state index in [4.69, 9.17) is 15.0 Å². The average Bonchev–Trinajstić information content (AvgIpc) is 1.90. The summed E-state index contributed by atoms with van der Waals surface area (Å²) in [5.41, 5.74) is 0. The van der Waals surface area contributed by atoms with Crippen molar-refractivity contribution < 1.29 is 153 Å². The fourth-order valence-corrected chi connectivity index (χ4v) is 0.385. The molecule has 0 N–H and O–H groups in total. The van der Waals surface area contributed by atoms with Crippen LogP contribution in [0.5, 0.6) is 0 Å². The molecule has 0 heterocycles.